The van der Waals surface area contributed by atoms with Crippen LogP contribution in [0.25, 0.3) is 0 Å². The Balaban J connectivity index is 0.00000210. The molecular weight excluding hydrogens is 358 g/mol. The van der Waals surface area contributed by atoms with Crippen LogP contribution in [0.2, 0.25) is 0 Å². The molecule has 0 aliphatic carbocycles. The zero-order chi connectivity index (χ0) is 17.9. The fourth-order valence-electron chi connectivity index (χ4n) is 4.05. The summed E-state index contributed by atoms with van der Waals surface area (Å²) in [6.07, 6.45) is 4.73. The maximum Gasteiger partial charge on any atom is 0.132 e. The van der Waals surface area contributed by atoms with Gasteiger partial charge in [0.15, 0.2) is 0 Å². The molecule has 1 fully saturated rings. The predicted molar refractivity (Wildman–Crippen MR) is 110 cm³/mol. The third kappa shape index (κ3) is 4.24. The van der Waals surface area contributed by atoms with Crippen molar-refractivity contribution >= 4 is 18.2 Å². The largest absolute Gasteiger partial charge is 0.356 e. The van der Waals surface area contributed by atoms with Crippen LogP contribution in [0.4, 0.5) is 5.82 Å². The number of anilines is 1. The summed E-state index contributed by atoms with van der Waals surface area (Å²) < 4.78 is 0. The Morgan fingerprint density at radius 3 is 2.56 bits per heavy atom. The molecular formula is C21H26ClN5. The first-order valence-electron chi connectivity index (χ1n) is 9.42. The first-order chi connectivity index (χ1) is 12.7. The minimum atomic E-state index is 0. The molecule has 0 saturated carbocycles. The number of hydrogen-bond donors (Lipinski definition) is 1. The number of benzene rings is 1. The van der Waals surface area contributed by atoms with Crippen molar-refractivity contribution in [1.82, 2.24) is 9.88 Å². The van der Waals surface area contributed by atoms with Crippen molar-refractivity contribution in [3.63, 3.8) is 0 Å². The lowest BCUT2D eigenvalue weighted by molar-refractivity contribution is 0.245. The first-order valence-corrected chi connectivity index (χ1v) is 9.42. The summed E-state index contributed by atoms with van der Waals surface area (Å²) in [5, 5.41) is 9.57. The van der Waals surface area contributed by atoms with Gasteiger partial charge in [-0.3, -0.25) is 4.90 Å². The average Bonchev–Trinajstić information content (AvgIpc) is 2.68. The van der Waals surface area contributed by atoms with Crippen molar-refractivity contribution in [2.45, 2.75) is 38.4 Å². The van der Waals surface area contributed by atoms with E-state index in [4.69, 9.17) is 5.73 Å². The molecule has 1 aromatic heterocycles. The van der Waals surface area contributed by atoms with Crippen molar-refractivity contribution in [2.24, 2.45) is 5.73 Å². The van der Waals surface area contributed by atoms with Gasteiger partial charge in [-0.1, -0.05) is 30.3 Å². The normalized spacial score (nSPS) is 17.7. The number of halogens is 1. The lowest BCUT2D eigenvalue weighted by Crippen LogP contribution is -2.41. The number of hydrogen-bond acceptors (Lipinski definition) is 5. The van der Waals surface area contributed by atoms with Gasteiger partial charge in [0.1, 0.15) is 11.9 Å². The molecule has 142 valence electrons. The van der Waals surface area contributed by atoms with E-state index in [0.29, 0.717) is 6.04 Å². The summed E-state index contributed by atoms with van der Waals surface area (Å²) in [5.41, 5.74) is 10.5. The van der Waals surface area contributed by atoms with E-state index in [1.807, 2.05) is 6.07 Å². The maximum atomic E-state index is 9.57. The van der Waals surface area contributed by atoms with Gasteiger partial charge in [-0.2, -0.15) is 5.26 Å². The Labute approximate surface area is 167 Å². The molecule has 1 saturated heterocycles. The van der Waals surface area contributed by atoms with Gasteiger partial charge in [0, 0.05) is 50.5 Å². The smallest absolute Gasteiger partial charge is 0.132 e. The fourth-order valence-corrected chi connectivity index (χ4v) is 4.05. The SMILES string of the molecule is Cl.N#Cc1cnc(N2CCC(N)CC2)c2c1CN(Cc1ccccc1)CC2. The number of rotatable bonds is 3. The molecule has 5 nitrogen and oxygen atoms in total. The number of piperidine rings is 1. The van der Waals surface area contributed by atoms with Crippen LogP contribution in [0.15, 0.2) is 36.5 Å². The van der Waals surface area contributed by atoms with Crippen LogP contribution >= 0.6 is 12.4 Å². The highest BCUT2D eigenvalue weighted by Gasteiger charge is 2.26. The van der Waals surface area contributed by atoms with Crippen molar-refractivity contribution in [1.29, 1.82) is 5.26 Å². The second-order valence-electron chi connectivity index (χ2n) is 7.34. The molecule has 2 N–H and O–H groups in total. The van der Waals surface area contributed by atoms with Crippen LogP contribution in [0.1, 0.15) is 35.1 Å². The van der Waals surface area contributed by atoms with Crippen LogP contribution < -0.4 is 10.6 Å². The number of fused-ring (bicyclic) bond motifs is 1. The summed E-state index contributed by atoms with van der Waals surface area (Å²) in [5.74, 6) is 1.07. The van der Waals surface area contributed by atoms with E-state index >= 15 is 0 Å². The minimum absolute atomic E-state index is 0. The first kappa shape index (κ1) is 19.6. The average molecular weight is 384 g/mol. The highest BCUT2D eigenvalue weighted by molar-refractivity contribution is 5.85. The number of nitriles is 1. The van der Waals surface area contributed by atoms with Gasteiger partial charge in [-0.15, -0.1) is 12.4 Å². The lowest BCUT2D eigenvalue weighted by atomic mass is 9.95. The monoisotopic (exact) mass is 383 g/mol. The van der Waals surface area contributed by atoms with Crippen molar-refractivity contribution < 1.29 is 0 Å². The highest BCUT2D eigenvalue weighted by Crippen LogP contribution is 2.31. The van der Waals surface area contributed by atoms with Crippen molar-refractivity contribution in [3.8, 4) is 6.07 Å². The molecule has 1 aromatic carbocycles. The Morgan fingerprint density at radius 2 is 1.85 bits per heavy atom. The Kier molecular flexibility index (Phi) is 6.33. The topological polar surface area (TPSA) is 69.2 Å². The summed E-state index contributed by atoms with van der Waals surface area (Å²) >= 11 is 0. The van der Waals surface area contributed by atoms with E-state index in [1.54, 1.807) is 6.20 Å². The van der Waals surface area contributed by atoms with Crippen LogP contribution in [-0.2, 0) is 19.5 Å². The molecule has 0 spiro atoms. The zero-order valence-corrected chi connectivity index (χ0v) is 16.3. The summed E-state index contributed by atoms with van der Waals surface area (Å²) in [7, 11) is 0. The van der Waals surface area contributed by atoms with E-state index in [0.717, 1.165) is 68.9 Å². The molecule has 0 amide bonds. The third-order valence-corrected chi connectivity index (χ3v) is 5.54. The number of aromatic nitrogens is 1. The van der Waals surface area contributed by atoms with Gasteiger partial charge in [0.25, 0.3) is 0 Å². The molecule has 4 rings (SSSR count). The van der Waals surface area contributed by atoms with Crippen LogP contribution in [0.3, 0.4) is 0 Å². The van der Waals surface area contributed by atoms with Gasteiger partial charge in [-0.25, -0.2) is 4.98 Å². The molecule has 0 bridgehead atoms. The molecule has 0 atom stereocenters. The summed E-state index contributed by atoms with van der Waals surface area (Å²) in [6, 6.07) is 13.2. The maximum absolute atomic E-state index is 9.57. The predicted octanol–water partition coefficient (Wildman–Crippen LogP) is 2.86. The molecule has 2 aromatic rings. The number of nitrogens with zero attached hydrogens (tertiary/aromatic N) is 4. The molecule has 0 radical (unpaired) electrons. The second-order valence-corrected chi connectivity index (χ2v) is 7.34. The van der Waals surface area contributed by atoms with E-state index in [1.165, 1.54) is 11.1 Å². The third-order valence-electron chi connectivity index (χ3n) is 5.54. The highest BCUT2D eigenvalue weighted by atomic mass is 35.5. The number of pyridine rings is 1. The summed E-state index contributed by atoms with van der Waals surface area (Å²) in [6.45, 7) is 4.65. The molecule has 2 aliphatic heterocycles. The van der Waals surface area contributed by atoms with Crippen LogP contribution in [0.5, 0.6) is 0 Å². The van der Waals surface area contributed by atoms with Crippen molar-refractivity contribution in [3.05, 3.63) is 58.8 Å². The fraction of sp³-hybridized carbons (Fsp3) is 0.429. The van der Waals surface area contributed by atoms with Crippen LogP contribution in [0, 0.1) is 11.3 Å². The number of nitrogens with two attached hydrogens (primary N) is 1. The van der Waals surface area contributed by atoms with E-state index in [9.17, 15) is 5.26 Å². The standard InChI is InChI=1S/C21H25N5.ClH/c22-12-17-13-24-21(26-10-6-18(23)7-11-26)19-8-9-25(15-20(17)19)14-16-4-2-1-3-5-16;/h1-5,13,18H,6-11,14-15,23H2;1H. The molecule has 0 unspecified atom stereocenters. The van der Waals surface area contributed by atoms with Gasteiger partial charge >= 0.3 is 0 Å². The van der Waals surface area contributed by atoms with Gasteiger partial charge in [-0.05, 0) is 30.4 Å². The van der Waals surface area contributed by atoms with E-state index < -0.39 is 0 Å². The Morgan fingerprint density at radius 1 is 1.11 bits per heavy atom. The molecule has 6 heteroatoms. The van der Waals surface area contributed by atoms with Gasteiger partial charge in [0.2, 0.25) is 0 Å². The quantitative estimate of drug-likeness (QED) is 0.882. The minimum Gasteiger partial charge on any atom is -0.356 e. The molecule has 27 heavy (non-hydrogen) atoms. The van der Waals surface area contributed by atoms with Gasteiger partial charge < -0.3 is 10.6 Å². The van der Waals surface area contributed by atoms with E-state index in [2.05, 4.69) is 45.1 Å². The van der Waals surface area contributed by atoms with E-state index in [-0.39, 0.29) is 12.4 Å². The summed E-state index contributed by atoms with van der Waals surface area (Å²) in [4.78, 5) is 9.45. The van der Waals surface area contributed by atoms with Crippen molar-refractivity contribution in [2.75, 3.05) is 24.5 Å². The van der Waals surface area contributed by atoms with Gasteiger partial charge in [0.05, 0.1) is 5.56 Å². The molecule has 3 heterocycles. The molecule has 2 aliphatic rings. The Bertz CT molecular complexity index is 809. The lowest BCUT2D eigenvalue weighted by Gasteiger charge is -2.36. The zero-order valence-electron chi connectivity index (χ0n) is 15.5. The van der Waals surface area contributed by atoms with Crippen LogP contribution in [-0.4, -0.2) is 35.6 Å². The Hall–Kier alpha value is -2.13. The second kappa shape index (κ2) is 8.71.